The molecule has 0 saturated carbocycles. The Bertz CT molecular complexity index is 696. The average Bonchev–Trinajstić information content (AvgIpc) is 2.53. The molecule has 0 aromatic heterocycles. The molecule has 0 bridgehead atoms. The minimum absolute atomic E-state index is 0.141. The van der Waals surface area contributed by atoms with Crippen LogP contribution in [0.3, 0.4) is 0 Å². The fourth-order valence-electron chi connectivity index (χ4n) is 1.82. The first-order valence-electron chi connectivity index (χ1n) is 6.37. The highest BCUT2D eigenvalue weighted by Gasteiger charge is 2.13. The Morgan fingerprint density at radius 3 is 2.43 bits per heavy atom. The van der Waals surface area contributed by atoms with Gasteiger partial charge in [-0.25, -0.2) is 13.1 Å². The molecular formula is C15H17NO4S. The van der Waals surface area contributed by atoms with Crippen LogP contribution in [-0.2, 0) is 23.2 Å². The van der Waals surface area contributed by atoms with Crippen molar-refractivity contribution >= 4 is 10.0 Å². The van der Waals surface area contributed by atoms with Crippen LogP contribution in [0.15, 0.2) is 53.4 Å². The third kappa shape index (κ3) is 4.04. The van der Waals surface area contributed by atoms with Gasteiger partial charge < -0.3 is 9.84 Å². The number of hydrogen-bond donors (Lipinski definition) is 2. The maximum absolute atomic E-state index is 12.2. The molecule has 0 heterocycles. The van der Waals surface area contributed by atoms with Crippen molar-refractivity contribution in [2.24, 2.45) is 0 Å². The number of hydrogen-bond acceptors (Lipinski definition) is 4. The largest absolute Gasteiger partial charge is 0.497 e. The van der Waals surface area contributed by atoms with Gasteiger partial charge in [0.05, 0.1) is 18.6 Å². The highest BCUT2D eigenvalue weighted by Crippen LogP contribution is 2.14. The number of aliphatic hydroxyl groups is 1. The summed E-state index contributed by atoms with van der Waals surface area (Å²) in [5.41, 5.74) is 1.39. The van der Waals surface area contributed by atoms with Crippen LogP contribution in [0, 0.1) is 0 Å². The van der Waals surface area contributed by atoms with Gasteiger partial charge in [-0.15, -0.1) is 0 Å². The molecule has 0 unspecified atom stereocenters. The number of nitrogens with one attached hydrogen (secondary N) is 1. The molecule has 5 nitrogen and oxygen atoms in total. The number of benzene rings is 2. The fraction of sp³-hybridized carbons (Fsp3) is 0.200. The van der Waals surface area contributed by atoms with Crippen LogP contribution in [0.2, 0.25) is 0 Å². The highest BCUT2D eigenvalue weighted by molar-refractivity contribution is 7.89. The van der Waals surface area contributed by atoms with E-state index in [0.717, 1.165) is 11.3 Å². The molecule has 21 heavy (non-hydrogen) atoms. The molecule has 6 heteroatoms. The minimum Gasteiger partial charge on any atom is -0.497 e. The van der Waals surface area contributed by atoms with E-state index in [4.69, 9.17) is 9.84 Å². The van der Waals surface area contributed by atoms with Crippen LogP contribution >= 0.6 is 0 Å². The van der Waals surface area contributed by atoms with Gasteiger partial charge in [0.1, 0.15) is 5.75 Å². The quantitative estimate of drug-likeness (QED) is 0.851. The summed E-state index contributed by atoms with van der Waals surface area (Å²) in [6, 6.07) is 13.4. The third-order valence-electron chi connectivity index (χ3n) is 3.02. The van der Waals surface area contributed by atoms with Gasteiger partial charge in [-0.05, 0) is 35.4 Å². The molecule has 2 aromatic rings. The Balaban J connectivity index is 2.09. The van der Waals surface area contributed by atoms with E-state index in [1.54, 1.807) is 43.5 Å². The van der Waals surface area contributed by atoms with Gasteiger partial charge in [0.15, 0.2) is 0 Å². The average molecular weight is 307 g/mol. The van der Waals surface area contributed by atoms with Gasteiger partial charge in [-0.3, -0.25) is 0 Å². The summed E-state index contributed by atoms with van der Waals surface area (Å²) in [7, 11) is -2.02. The zero-order chi connectivity index (χ0) is 15.3. The molecule has 2 N–H and O–H groups in total. The van der Waals surface area contributed by atoms with E-state index in [1.807, 2.05) is 0 Å². The molecule has 0 spiro atoms. The molecule has 0 saturated heterocycles. The number of ether oxygens (including phenoxy) is 1. The second kappa shape index (κ2) is 6.71. The highest BCUT2D eigenvalue weighted by atomic mass is 32.2. The zero-order valence-corrected chi connectivity index (χ0v) is 12.4. The smallest absolute Gasteiger partial charge is 0.240 e. The maximum Gasteiger partial charge on any atom is 0.240 e. The molecule has 0 aliphatic heterocycles. The summed E-state index contributed by atoms with van der Waals surface area (Å²) in [5.74, 6) is 0.720. The Morgan fingerprint density at radius 1 is 1.10 bits per heavy atom. The van der Waals surface area contributed by atoms with Crippen LogP contribution in [-0.4, -0.2) is 20.6 Å². The van der Waals surface area contributed by atoms with E-state index in [1.165, 1.54) is 12.1 Å². The van der Waals surface area contributed by atoms with E-state index in [9.17, 15) is 8.42 Å². The van der Waals surface area contributed by atoms with Crippen molar-refractivity contribution in [2.75, 3.05) is 7.11 Å². The Kier molecular flexibility index (Phi) is 4.95. The van der Waals surface area contributed by atoms with E-state index < -0.39 is 10.0 Å². The lowest BCUT2D eigenvalue weighted by atomic mass is 10.2. The van der Waals surface area contributed by atoms with Crippen LogP contribution < -0.4 is 9.46 Å². The molecule has 0 aliphatic carbocycles. The standard InChI is InChI=1S/C15H17NO4S/c1-20-14-7-5-12(6-8-14)10-16-21(18,19)15-4-2-3-13(9-15)11-17/h2-9,16-17H,10-11H2,1H3. The minimum atomic E-state index is -3.60. The van der Waals surface area contributed by atoms with Crippen LogP contribution in [0.25, 0.3) is 0 Å². The van der Waals surface area contributed by atoms with Crippen LogP contribution in [0.5, 0.6) is 5.75 Å². The zero-order valence-electron chi connectivity index (χ0n) is 11.6. The summed E-state index contributed by atoms with van der Waals surface area (Å²) in [5, 5.41) is 9.06. The summed E-state index contributed by atoms with van der Waals surface area (Å²) >= 11 is 0. The Hall–Kier alpha value is -1.89. The van der Waals surface area contributed by atoms with Crippen molar-refractivity contribution in [2.45, 2.75) is 18.0 Å². The predicted octanol–water partition coefficient (Wildman–Crippen LogP) is 1.67. The van der Waals surface area contributed by atoms with Gasteiger partial charge in [0.2, 0.25) is 10.0 Å². The molecule has 2 rings (SSSR count). The molecule has 0 fully saturated rings. The second-order valence-corrected chi connectivity index (χ2v) is 6.25. The maximum atomic E-state index is 12.2. The van der Waals surface area contributed by atoms with E-state index >= 15 is 0 Å². The van der Waals surface area contributed by atoms with Crippen molar-refractivity contribution in [3.05, 3.63) is 59.7 Å². The lowest BCUT2D eigenvalue weighted by Crippen LogP contribution is -2.23. The molecule has 0 radical (unpaired) electrons. The lowest BCUT2D eigenvalue weighted by Gasteiger charge is -2.08. The lowest BCUT2D eigenvalue weighted by molar-refractivity contribution is 0.281. The van der Waals surface area contributed by atoms with Gasteiger partial charge >= 0.3 is 0 Å². The monoisotopic (exact) mass is 307 g/mol. The Labute approximate surface area is 124 Å². The third-order valence-corrected chi connectivity index (χ3v) is 4.42. The number of methoxy groups -OCH3 is 1. The van der Waals surface area contributed by atoms with Crippen LogP contribution in [0.4, 0.5) is 0 Å². The van der Waals surface area contributed by atoms with E-state index in [2.05, 4.69) is 4.72 Å². The first-order chi connectivity index (χ1) is 10.0. The van der Waals surface area contributed by atoms with Crippen molar-refractivity contribution in [3.63, 3.8) is 0 Å². The van der Waals surface area contributed by atoms with Gasteiger partial charge in [-0.1, -0.05) is 24.3 Å². The van der Waals surface area contributed by atoms with Crippen LogP contribution in [0.1, 0.15) is 11.1 Å². The van der Waals surface area contributed by atoms with Crippen molar-refractivity contribution in [1.29, 1.82) is 0 Å². The first kappa shape index (κ1) is 15.5. The van der Waals surface area contributed by atoms with E-state index in [-0.39, 0.29) is 18.0 Å². The van der Waals surface area contributed by atoms with E-state index in [0.29, 0.717) is 5.56 Å². The van der Waals surface area contributed by atoms with Crippen molar-refractivity contribution < 1.29 is 18.3 Å². The summed E-state index contributed by atoms with van der Waals surface area (Å²) in [4.78, 5) is 0.141. The van der Waals surface area contributed by atoms with Crippen molar-refractivity contribution in [3.8, 4) is 5.75 Å². The molecule has 112 valence electrons. The predicted molar refractivity (Wildman–Crippen MR) is 79.4 cm³/mol. The topological polar surface area (TPSA) is 75.6 Å². The van der Waals surface area contributed by atoms with Gasteiger partial charge in [0.25, 0.3) is 0 Å². The number of sulfonamides is 1. The molecular weight excluding hydrogens is 290 g/mol. The molecule has 0 amide bonds. The normalized spacial score (nSPS) is 11.3. The van der Waals surface area contributed by atoms with Gasteiger partial charge in [-0.2, -0.15) is 0 Å². The SMILES string of the molecule is COc1ccc(CNS(=O)(=O)c2cccc(CO)c2)cc1. The summed E-state index contributed by atoms with van der Waals surface area (Å²) in [6.07, 6.45) is 0. The fourth-order valence-corrected chi connectivity index (χ4v) is 2.90. The number of aliphatic hydroxyl groups excluding tert-OH is 1. The summed E-state index contributed by atoms with van der Waals surface area (Å²) < 4.78 is 31.9. The Morgan fingerprint density at radius 2 is 1.81 bits per heavy atom. The molecule has 0 atom stereocenters. The van der Waals surface area contributed by atoms with Crippen molar-refractivity contribution in [1.82, 2.24) is 4.72 Å². The van der Waals surface area contributed by atoms with Gasteiger partial charge in [0, 0.05) is 6.54 Å². The summed E-state index contributed by atoms with van der Waals surface area (Å²) in [6.45, 7) is -0.00246. The molecule has 2 aromatic carbocycles. The second-order valence-electron chi connectivity index (χ2n) is 4.48. The molecule has 0 aliphatic rings. The first-order valence-corrected chi connectivity index (χ1v) is 7.86. The number of rotatable bonds is 6.